The first kappa shape index (κ1) is 15.7. The fourth-order valence-corrected chi connectivity index (χ4v) is 1.82. The fourth-order valence-electron chi connectivity index (χ4n) is 1.82. The molecule has 0 fully saturated rings. The molecule has 6 nitrogen and oxygen atoms in total. The number of nitrogens with one attached hydrogen (secondary N) is 2. The van der Waals surface area contributed by atoms with Crippen molar-refractivity contribution in [2.24, 2.45) is 0 Å². The maximum absolute atomic E-state index is 13.2. The fraction of sp³-hybridized carbons (Fsp3) is 0.571. The Morgan fingerprint density at radius 2 is 2.00 bits per heavy atom. The molecule has 0 aromatic carbocycles. The van der Waals surface area contributed by atoms with Gasteiger partial charge < -0.3 is 9.47 Å². The molecule has 21 heavy (non-hydrogen) atoms. The standard InChI is InChI=1S/C14H21FN4O2/c1-9(2)20-7-12-5-11(17-18-12)4-10(3)21-8-14-13(15)6-16-19-14/h5-6,9-10H,4,7-8H2,1-3H3,(H,16,19)(H,17,18). The highest BCUT2D eigenvalue weighted by Gasteiger charge is 2.11. The molecule has 0 saturated carbocycles. The van der Waals surface area contributed by atoms with Crippen LogP contribution in [-0.4, -0.2) is 32.6 Å². The quantitative estimate of drug-likeness (QED) is 0.784. The Hall–Kier alpha value is -1.73. The highest BCUT2D eigenvalue weighted by molar-refractivity contribution is 5.08. The van der Waals surface area contributed by atoms with E-state index in [4.69, 9.17) is 9.47 Å². The number of rotatable bonds is 8. The monoisotopic (exact) mass is 296 g/mol. The maximum Gasteiger partial charge on any atom is 0.166 e. The van der Waals surface area contributed by atoms with E-state index in [1.807, 2.05) is 26.8 Å². The summed E-state index contributed by atoms with van der Waals surface area (Å²) in [4.78, 5) is 0. The zero-order valence-electron chi connectivity index (χ0n) is 12.5. The van der Waals surface area contributed by atoms with Crippen LogP contribution in [0.25, 0.3) is 0 Å². The van der Waals surface area contributed by atoms with Crippen molar-refractivity contribution in [2.75, 3.05) is 0 Å². The number of aromatic amines is 2. The second-order valence-corrected chi connectivity index (χ2v) is 5.27. The number of halogens is 1. The van der Waals surface area contributed by atoms with Gasteiger partial charge in [-0.1, -0.05) is 0 Å². The normalized spacial score (nSPS) is 13.0. The first-order chi connectivity index (χ1) is 10.0. The lowest BCUT2D eigenvalue weighted by molar-refractivity contribution is 0.0492. The molecule has 2 aromatic rings. The van der Waals surface area contributed by atoms with Gasteiger partial charge in [-0.25, -0.2) is 4.39 Å². The molecule has 7 heteroatoms. The maximum atomic E-state index is 13.2. The number of nitrogens with zero attached hydrogens (tertiary/aromatic N) is 2. The van der Waals surface area contributed by atoms with E-state index < -0.39 is 0 Å². The molecule has 2 heterocycles. The van der Waals surface area contributed by atoms with Crippen LogP contribution in [0.3, 0.4) is 0 Å². The van der Waals surface area contributed by atoms with Crippen molar-refractivity contribution < 1.29 is 13.9 Å². The van der Waals surface area contributed by atoms with Gasteiger partial charge in [-0.2, -0.15) is 10.2 Å². The summed E-state index contributed by atoms with van der Waals surface area (Å²) < 4.78 is 24.3. The van der Waals surface area contributed by atoms with E-state index in [9.17, 15) is 4.39 Å². The average molecular weight is 296 g/mol. The van der Waals surface area contributed by atoms with E-state index in [1.165, 1.54) is 0 Å². The minimum Gasteiger partial charge on any atom is -0.373 e. The van der Waals surface area contributed by atoms with Crippen LogP contribution in [0.5, 0.6) is 0 Å². The van der Waals surface area contributed by atoms with Crippen molar-refractivity contribution in [1.29, 1.82) is 0 Å². The molecule has 0 aliphatic carbocycles. The van der Waals surface area contributed by atoms with Crippen LogP contribution in [0.1, 0.15) is 37.9 Å². The van der Waals surface area contributed by atoms with Gasteiger partial charge in [-0.15, -0.1) is 0 Å². The van der Waals surface area contributed by atoms with E-state index >= 15 is 0 Å². The first-order valence-electron chi connectivity index (χ1n) is 6.98. The number of aromatic nitrogens is 4. The third kappa shape index (κ3) is 4.95. The van der Waals surface area contributed by atoms with Crippen LogP contribution in [-0.2, 0) is 29.1 Å². The van der Waals surface area contributed by atoms with Crippen LogP contribution < -0.4 is 0 Å². The van der Waals surface area contributed by atoms with Crippen LogP contribution in [0.2, 0.25) is 0 Å². The highest BCUT2D eigenvalue weighted by atomic mass is 19.1. The lowest BCUT2D eigenvalue weighted by Gasteiger charge is -2.10. The van der Waals surface area contributed by atoms with Crippen molar-refractivity contribution in [3.63, 3.8) is 0 Å². The number of hydrogen-bond donors (Lipinski definition) is 2. The second-order valence-electron chi connectivity index (χ2n) is 5.27. The van der Waals surface area contributed by atoms with Gasteiger partial charge in [0.05, 0.1) is 48.7 Å². The Kier molecular flexibility index (Phi) is 5.46. The minimum atomic E-state index is -0.380. The predicted molar refractivity (Wildman–Crippen MR) is 75.0 cm³/mol. The summed E-state index contributed by atoms with van der Waals surface area (Å²) in [7, 11) is 0. The molecule has 0 bridgehead atoms. The summed E-state index contributed by atoms with van der Waals surface area (Å²) in [5, 5.41) is 13.3. The van der Waals surface area contributed by atoms with Gasteiger partial charge in [0.15, 0.2) is 5.82 Å². The highest BCUT2D eigenvalue weighted by Crippen LogP contribution is 2.10. The SMILES string of the molecule is CC(C)OCc1cc(CC(C)OCc2[nH]ncc2F)n[nH]1. The molecular formula is C14H21FN4O2. The van der Waals surface area contributed by atoms with Crippen molar-refractivity contribution in [2.45, 2.75) is 52.6 Å². The Morgan fingerprint density at radius 1 is 1.19 bits per heavy atom. The second kappa shape index (κ2) is 7.33. The molecule has 1 atom stereocenters. The van der Waals surface area contributed by atoms with Gasteiger partial charge >= 0.3 is 0 Å². The van der Waals surface area contributed by atoms with Crippen LogP contribution >= 0.6 is 0 Å². The zero-order valence-corrected chi connectivity index (χ0v) is 12.5. The first-order valence-corrected chi connectivity index (χ1v) is 6.98. The number of hydrogen-bond acceptors (Lipinski definition) is 4. The van der Waals surface area contributed by atoms with Crippen molar-refractivity contribution in [1.82, 2.24) is 20.4 Å². The summed E-state index contributed by atoms with van der Waals surface area (Å²) >= 11 is 0. The molecule has 0 spiro atoms. The van der Waals surface area contributed by atoms with Gasteiger partial charge in [0.1, 0.15) is 0 Å². The summed E-state index contributed by atoms with van der Waals surface area (Å²) in [6, 6.07) is 1.96. The van der Waals surface area contributed by atoms with Crippen LogP contribution in [0, 0.1) is 5.82 Å². The summed E-state index contributed by atoms with van der Waals surface area (Å²) in [6.45, 7) is 6.58. The van der Waals surface area contributed by atoms with Crippen molar-refractivity contribution in [3.8, 4) is 0 Å². The smallest absolute Gasteiger partial charge is 0.166 e. The number of ether oxygens (including phenoxy) is 2. The van der Waals surface area contributed by atoms with Gasteiger partial charge in [0.2, 0.25) is 0 Å². The van der Waals surface area contributed by atoms with E-state index in [1.54, 1.807) is 0 Å². The topological polar surface area (TPSA) is 75.8 Å². The molecule has 0 amide bonds. The Morgan fingerprint density at radius 3 is 2.67 bits per heavy atom. The molecule has 0 aliphatic rings. The molecular weight excluding hydrogens is 275 g/mol. The number of H-pyrrole nitrogens is 2. The van der Waals surface area contributed by atoms with Gasteiger partial charge in [-0.05, 0) is 26.8 Å². The Balaban J connectivity index is 1.77. The molecule has 0 saturated heterocycles. The molecule has 2 N–H and O–H groups in total. The van der Waals surface area contributed by atoms with Gasteiger partial charge in [0.25, 0.3) is 0 Å². The summed E-state index contributed by atoms with van der Waals surface area (Å²) in [6.07, 6.45) is 1.89. The molecule has 2 aromatic heterocycles. The Labute approximate surface area is 123 Å². The zero-order chi connectivity index (χ0) is 15.2. The average Bonchev–Trinajstić information content (AvgIpc) is 3.03. The van der Waals surface area contributed by atoms with Gasteiger partial charge in [0, 0.05) is 6.42 Å². The van der Waals surface area contributed by atoms with Crippen LogP contribution in [0.4, 0.5) is 4.39 Å². The van der Waals surface area contributed by atoms with Gasteiger partial charge in [-0.3, -0.25) is 10.2 Å². The van der Waals surface area contributed by atoms with Crippen LogP contribution in [0.15, 0.2) is 12.3 Å². The minimum absolute atomic E-state index is 0.0742. The molecule has 0 radical (unpaired) electrons. The van der Waals surface area contributed by atoms with E-state index in [0.29, 0.717) is 18.7 Å². The van der Waals surface area contributed by atoms with Crippen molar-refractivity contribution >= 4 is 0 Å². The lowest BCUT2D eigenvalue weighted by atomic mass is 10.2. The summed E-state index contributed by atoms with van der Waals surface area (Å²) in [5.41, 5.74) is 2.19. The van der Waals surface area contributed by atoms with E-state index in [0.717, 1.165) is 17.6 Å². The van der Waals surface area contributed by atoms with E-state index in [2.05, 4.69) is 20.4 Å². The third-order valence-electron chi connectivity index (χ3n) is 2.93. The third-order valence-corrected chi connectivity index (χ3v) is 2.93. The molecule has 1 unspecified atom stereocenters. The summed E-state index contributed by atoms with van der Waals surface area (Å²) in [5.74, 6) is -0.380. The van der Waals surface area contributed by atoms with E-state index in [-0.39, 0.29) is 24.6 Å². The van der Waals surface area contributed by atoms with Crippen molar-refractivity contribution in [3.05, 3.63) is 35.2 Å². The predicted octanol–water partition coefficient (Wildman–Crippen LogP) is 2.34. The largest absolute Gasteiger partial charge is 0.373 e. The molecule has 0 aliphatic heterocycles. The lowest BCUT2D eigenvalue weighted by Crippen LogP contribution is -2.12. The Bertz CT molecular complexity index is 553. The molecule has 116 valence electrons. The molecule has 2 rings (SSSR count).